The van der Waals surface area contributed by atoms with Crippen LogP contribution in [0.3, 0.4) is 0 Å². The molecule has 3 unspecified atom stereocenters. The van der Waals surface area contributed by atoms with Gasteiger partial charge in [0.1, 0.15) is 5.41 Å². The number of ether oxygens (including phenoxy) is 1. The van der Waals surface area contributed by atoms with Gasteiger partial charge in [-0.15, -0.1) is 0 Å². The van der Waals surface area contributed by atoms with Gasteiger partial charge in [0, 0.05) is 13.1 Å². The van der Waals surface area contributed by atoms with E-state index in [4.69, 9.17) is 15.7 Å². The summed E-state index contributed by atoms with van der Waals surface area (Å²) < 4.78 is 5.59. The SMILES string of the molecule is CCC(C)(C(=O)N1CC(C)OC(C)C1)C(N)=NO. The Morgan fingerprint density at radius 1 is 1.50 bits per heavy atom. The number of carbonyl (C=O) groups excluding carboxylic acids is 1. The Labute approximate surface area is 108 Å². The summed E-state index contributed by atoms with van der Waals surface area (Å²) in [4.78, 5) is 14.3. The van der Waals surface area contributed by atoms with Crippen LogP contribution in [-0.2, 0) is 9.53 Å². The van der Waals surface area contributed by atoms with E-state index >= 15 is 0 Å². The molecule has 1 heterocycles. The fraction of sp³-hybridized carbons (Fsp3) is 0.833. The van der Waals surface area contributed by atoms with E-state index in [9.17, 15) is 4.79 Å². The molecule has 0 radical (unpaired) electrons. The van der Waals surface area contributed by atoms with E-state index in [2.05, 4.69) is 5.16 Å². The van der Waals surface area contributed by atoms with Crippen molar-refractivity contribution in [2.75, 3.05) is 13.1 Å². The van der Waals surface area contributed by atoms with Crippen molar-refractivity contribution in [1.29, 1.82) is 0 Å². The second kappa shape index (κ2) is 5.56. The van der Waals surface area contributed by atoms with Crippen molar-refractivity contribution >= 4 is 11.7 Å². The van der Waals surface area contributed by atoms with Crippen molar-refractivity contribution in [3.05, 3.63) is 0 Å². The molecular formula is C12H23N3O3. The summed E-state index contributed by atoms with van der Waals surface area (Å²) in [7, 11) is 0. The highest BCUT2D eigenvalue weighted by molar-refractivity contribution is 6.06. The number of rotatable bonds is 3. The van der Waals surface area contributed by atoms with Crippen LogP contribution >= 0.6 is 0 Å². The Morgan fingerprint density at radius 2 is 2.00 bits per heavy atom. The summed E-state index contributed by atoms with van der Waals surface area (Å²) in [5.41, 5.74) is 4.71. The lowest BCUT2D eigenvalue weighted by Crippen LogP contribution is -2.55. The lowest BCUT2D eigenvalue weighted by atomic mass is 9.84. The summed E-state index contributed by atoms with van der Waals surface area (Å²) in [6, 6.07) is 0. The van der Waals surface area contributed by atoms with Crippen molar-refractivity contribution in [2.45, 2.75) is 46.3 Å². The zero-order valence-electron chi connectivity index (χ0n) is 11.5. The molecule has 1 saturated heterocycles. The van der Waals surface area contributed by atoms with Gasteiger partial charge < -0.3 is 20.6 Å². The van der Waals surface area contributed by atoms with Crippen LogP contribution in [0.15, 0.2) is 5.16 Å². The second-order valence-corrected chi connectivity index (χ2v) is 5.14. The van der Waals surface area contributed by atoms with Crippen molar-refractivity contribution in [3.8, 4) is 0 Å². The van der Waals surface area contributed by atoms with E-state index < -0.39 is 5.41 Å². The fourth-order valence-electron chi connectivity index (χ4n) is 2.24. The summed E-state index contributed by atoms with van der Waals surface area (Å²) in [5, 5.41) is 11.8. The smallest absolute Gasteiger partial charge is 0.236 e. The molecule has 0 aromatic heterocycles. The number of amidine groups is 1. The summed E-state index contributed by atoms with van der Waals surface area (Å²) >= 11 is 0. The second-order valence-electron chi connectivity index (χ2n) is 5.14. The zero-order chi connectivity index (χ0) is 13.9. The standard InChI is InChI=1S/C12H23N3O3/c1-5-12(4,10(13)14-17)11(16)15-6-8(2)18-9(3)7-15/h8-9,17H,5-7H2,1-4H3,(H2,13,14). The highest BCUT2D eigenvalue weighted by atomic mass is 16.5. The van der Waals surface area contributed by atoms with Gasteiger partial charge in [-0.25, -0.2) is 0 Å². The molecule has 0 bridgehead atoms. The number of hydrogen-bond acceptors (Lipinski definition) is 4. The van der Waals surface area contributed by atoms with Crippen molar-refractivity contribution < 1.29 is 14.7 Å². The normalized spacial score (nSPS) is 28.9. The van der Waals surface area contributed by atoms with Crippen molar-refractivity contribution in [2.24, 2.45) is 16.3 Å². The van der Waals surface area contributed by atoms with E-state index in [1.165, 1.54) is 0 Å². The fourth-order valence-corrected chi connectivity index (χ4v) is 2.24. The van der Waals surface area contributed by atoms with E-state index in [1.807, 2.05) is 20.8 Å². The Hall–Kier alpha value is -1.30. The van der Waals surface area contributed by atoms with E-state index in [1.54, 1.807) is 11.8 Å². The van der Waals surface area contributed by atoms with Crippen molar-refractivity contribution in [1.82, 2.24) is 4.90 Å². The lowest BCUT2D eigenvalue weighted by molar-refractivity contribution is -0.149. The molecule has 104 valence electrons. The molecule has 1 fully saturated rings. The molecule has 3 N–H and O–H groups in total. The van der Waals surface area contributed by atoms with Crippen LogP contribution in [-0.4, -0.2) is 47.1 Å². The number of morpholine rings is 1. The molecule has 6 nitrogen and oxygen atoms in total. The maximum Gasteiger partial charge on any atom is 0.236 e. The summed E-state index contributed by atoms with van der Waals surface area (Å²) in [6.07, 6.45) is 0.499. The van der Waals surface area contributed by atoms with Crippen LogP contribution in [0.2, 0.25) is 0 Å². The molecule has 1 amide bonds. The number of hydrogen-bond donors (Lipinski definition) is 2. The van der Waals surface area contributed by atoms with Gasteiger partial charge in [-0.3, -0.25) is 4.79 Å². The van der Waals surface area contributed by atoms with Gasteiger partial charge in [-0.05, 0) is 27.2 Å². The molecule has 0 spiro atoms. The van der Waals surface area contributed by atoms with Gasteiger partial charge in [-0.2, -0.15) is 0 Å². The third-order valence-electron chi connectivity index (χ3n) is 3.56. The topological polar surface area (TPSA) is 88.2 Å². The Bertz CT molecular complexity index is 335. The van der Waals surface area contributed by atoms with Crippen LogP contribution in [0.5, 0.6) is 0 Å². The third kappa shape index (κ3) is 2.75. The first-order valence-corrected chi connectivity index (χ1v) is 6.28. The molecule has 1 aliphatic heterocycles. The van der Waals surface area contributed by atoms with E-state index in [0.717, 1.165) is 0 Å². The number of carbonyl (C=O) groups is 1. The predicted octanol–water partition coefficient (Wildman–Crippen LogP) is 0.785. The Morgan fingerprint density at radius 3 is 2.39 bits per heavy atom. The van der Waals surface area contributed by atoms with Crippen LogP contribution in [0, 0.1) is 5.41 Å². The Kier molecular flexibility index (Phi) is 4.56. The van der Waals surface area contributed by atoms with Gasteiger partial charge >= 0.3 is 0 Å². The van der Waals surface area contributed by atoms with E-state index in [0.29, 0.717) is 19.5 Å². The molecule has 6 heteroatoms. The highest BCUT2D eigenvalue weighted by Crippen LogP contribution is 2.26. The van der Waals surface area contributed by atoms with E-state index in [-0.39, 0.29) is 24.0 Å². The van der Waals surface area contributed by atoms with Gasteiger partial charge in [0.2, 0.25) is 5.91 Å². The number of nitrogens with two attached hydrogens (primary N) is 1. The maximum absolute atomic E-state index is 12.5. The van der Waals surface area contributed by atoms with Gasteiger partial charge in [-0.1, -0.05) is 12.1 Å². The van der Waals surface area contributed by atoms with Crippen LogP contribution in [0.25, 0.3) is 0 Å². The van der Waals surface area contributed by atoms with Gasteiger partial charge in [0.25, 0.3) is 0 Å². The quantitative estimate of drug-likeness (QED) is 0.338. The summed E-state index contributed by atoms with van der Waals surface area (Å²) in [6.45, 7) is 8.50. The van der Waals surface area contributed by atoms with Crippen molar-refractivity contribution in [3.63, 3.8) is 0 Å². The third-order valence-corrected chi connectivity index (χ3v) is 3.56. The minimum Gasteiger partial charge on any atom is -0.409 e. The number of oxime groups is 1. The predicted molar refractivity (Wildman–Crippen MR) is 68.4 cm³/mol. The van der Waals surface area contributed by atoms with Crippen LogP contribution in [0.1, 0.15) is 34.1 Å². The average molecular weight is 257 g/mol. The number of amides is 1. The number of nitrogens with zero attached hydrogens (tertiary/aromatic N) is 2. The monoisotopic (exact) mass is 257 g/mol. The van der Waals surface area contributed by atoms with Gasteiger partial charge in [0.15, 0.2) is 5.84 Å². The summed E-state index contributed by atoms with van der Waals surface area (Å²) in [5.74, 6) is -0.149. The molecule has 0 saturated carbocycles. The maximum atomic E-state index is 12.5. The molecule has 18 heavy (non-hydrogen) atoms. The largest absolute Gasteiger partial charge is 0.409 e. The molecule has 0 aromatic rings. The molecule has 1 rings (SSSR count). The minimum atomic E-state index is -0.953. The highest BCUT2D eigenvalue weighted by Gasteiger charge is 2.41. The molecular weight excluding hydrogens is 234 g/mol. The lowest BCUT2D eigenvalue weighted by Gasteiger charge is -2.39. The molecule has 3 atom stereocenters. The zero-order valence-corrected chi connectivity index (χ0v) is 11.5. The molecule has 0 aromatic carbocycles. The van der Waals surface area contributed by atoms with Gasteiger partial charge in [0.05, 0.1) is 12.2 Å². The first-order chi connectivity index (χ1) is 8.35. The Balaban J connectivity index is 2.91. The molecule has 0 aliphatic carbocycles. The first-order valence-electron chi connectivity index (χ1n) is 6.28. The first kappa shape index (κ1) is 14.8. The van der Waals surface area contributed by atoms with Crippen LogP contribution in [0.4, 0.5) is 0 Å². The molecule has 1 aliphatic rings. The minimum absolute atomic E-state index is 0.00564. The van der Waals surface area contributed by atoms with Crippen LogP contribution < -0.4 is 5.73 Å². The average Bonchev–Trinajstić information content (AvgIpc) is 2.34.